The summed E-state index contributed by atoms with van der Waals surface area (Å²) in [6.45, 7) is 9.26. The number of nitrogens with two attached hydrogens (primary N) is 1. The van der Waals surface area contributed by atoms with Gasteiger partial charge in [-0.3, -0.25) is 4.98 Å². The molecule has 0 saturated carbocycles. The van der Waals surface area contributed by atoms with Gasteiger partial charge in [-0.15, -0.1) is 0 Å². The van der Waals surface area contributed by atoms with Gasteiger partial charge in [-0.05, 0) is 45.2 Å². The summed E-state index contributed by atoms with van der Waals surface area (Å²) in [5, 5.41) is 20.9. The SMILES string of the molecule is CC(C)(C)OC(=O)N[C@@H](Cc1ccc2ccccc2n1)C(=O)O.CC(C)C[C@H](N)OBO. The fraction of sp³-hybridized carbons (Fsp3) is 0.500. The van der Waals surface area contributed by atoms with Crippen molar-refractivity contribution >= 4 is 30.7 Å². The third kappa shape index (κ3) is 11.1. The molecule has 2 atom stereocenters. The van der Waals surface area contributed by atoms with Gasteiger partial charge < -0.3 is 30.6 Å². The average molecular weight is 447 g/mol. The number of rotatable bonds is 8. The zero-order valence-corrected chi connectivity index (χ0v) is 19.4. The highest BCUT2D eigenvalue weighted by Crippen LogP contribution is 2.13. The summed E-state index contributed by atoms with van der Waals surface area (Å²) in [6.07, 6.45) is -0.194. The van der Waals surface area contributed by atoms with Gasteiger partial charge in [0.15, 0.2) is 0 Å². The molecule has 0 spiro atoms. The van der Waals surface area contributed by atoms with E-state index in [0.717, 1.165) is 17.3 Å². The Morgan fingerprint density at radius 2 is 1.84 bits per heavy atom. The molecule has 1 amide bonds. The Kier molecular flexibility index (Phi) is 11.1. The molecule has 0 fully saturated rings. The molecule has 0 bridgehead atoms. The van der Waals surface area contributed by atoms with Crippen molar-refractivity contribution < 1.29 is 29.1 Å². The van der Waals surface area contributed by atoms with E-state index < -0.39 is 23.7 Å². The van der Waals surface area contributed by atoms with Gasteiger partial charge in [-0.1, -0.05) is 38.1 Å². The number of carbonyl (C=O) groups excluding carboxylic acids is 1. The van der Waals surface area contributed by atoms with Crippen LogP contribution in [0.5, 0.6) is 0 Å². The molecule has 0 aliphatic heterocycles. The summed E-state index contributed by atoms with van der Waals surface area (Å²) in [6, 6.07) is 10.1. The van der Waals surface area contributed by atoms with Crippen LogP contribution in [0, 0.1) is 5.92 Å². The summed E-state index contributed by atoms with van der Waals surface area (Å²) in [5.41, 5.74) is 6.09. The normalized spacial score (nSPS) is 13.0. The average Bonchev–Trinajstić information content (AvgIpc) is 2.66. The molecule has 1 heterocycles. The molecule has 5 N–H and O–H groups in total. The van der Waals surface area contributed by atoms with Crippen LogP contribution >= 0.6 is 0 Å². The van der Waals surface area contributed by atoms with Crippen molar-refractivity contribution in [2.75, 3.05) is 0 Å². The molecule has 0 saturated heterocycles. The number of aliphatic carboxylic acids is 1. The highest BCUT2D eigenvalue weighted by molar-refractivity contribution is 6.15. The van der Waals surface area contributed by atoms with Gasteiger partial charge in [-0.2, -0.15) is 0 Å². The van der Waals surface area contributed by atoms with Crippen molar-refractivity contribution in [1.82, 2.24) is 10.3 Å². The number of hydrogen-bond acceptors (Lipinski definition) is 7. The van der Waals surface area contributed by atoms with E-state index in [-0.39, 0.29) is 20.3 Å². The van der Waals surface area contributed by atoms with E-state index in [1.165, 1.54) is 0 Å². The second kappa shape index (κ2) is 13.0. The first kappa shape index (κ1) is 27.3. The lowest BCUT2D eigenvalue weighted by atomic mass is 10.1. The van der Waals surface area contributed by atoms with Gasteiger partial charge in [0.2, 0.25) is 0 Å². The second-order valence-corrected chi connectivity index (χ2v) is 8.70. The third-order valence-electron chi connectivity index (χ3n) is 4.05. The van der Waals surface area contributed by atoms with Crippen molar-refractivity contribution in [3.05, 3.63) is 42.1 Å². The Hall–Kier alpha value is -2.69. The van der Waals surface area contributed by atoms with Crippen LogP contribution in [0.15, 0.2) is 36.4 Å². The van der Waals surface area contributed by atoms with Gasteiger partial charge in [0, 0.05) is 17.5 Å². The maximum Gasteiger partial charge on any atom is 0.436 e. The fourth-order valence-electron chi connectivity index (χ4n) is 2.71. The summed E-state index contributed by atoms with van der Waals surface area (Å²) in [7, 11) is -0.284. The van der Waals surface area contributed by atoms with E-state index in [0.29, 0.717) is 11.6 Å². The minimum Gasteiger partial charge on any atom is -0.480 e. The number of nitrogens with one attached hydrogen (secondary N) is 1. The number of para-hydroxylation sites is 1. The van der Waals surface area contributed by atoms with Crippen LogP contribution in [0.2, 0.25) is 0 Å². The molecule has 0 aliphatic rings. The van der Waals surface area contributed by atoms with E-state index in [4.69, 9.17) is 15.5 Å². The number of pyridine rings is 1. The number of alkyl carbamates (subject to hydrolysis) is 1. The number of carbonyl (C=O) groups is 2. The molecular formula is C22H34BN3O6. The summed E-state index contributed by atoms with van der Waals surface area (Å²) < 4.78 is 9.78. The largest absolute Gasteiger partial charge is 0.480 e. The Balaban J connectivity index is 0.000000482. The molecule has 2 rings (SSSR count). The van der Waals surface area contributed by atoms with E-state index in [1.807, 2.05) is 30.3 Å². The maximum absolute atomic E-state index is 11.8. The molecule has 32 heavy (non-hydrogen) atoms. The first-order chi connectivity index (χ1) is 14.9. The van der Waals surface area contributed by atoms with Crippen LogP contribution < -0.4 is 11.1 Å². The molecule has 0 unspecified atom stereocenters. The number of amides is 1. The monoisotopic (exact) mass is 447 g/mol. The van der Waals surface area contributed by atoms with Gasteiger partial charge in [-0.25, -0.2) is 9.59 Å². The van der Waals surface area contributed by atoms with Crippen LogP contribution in [0.1, 0.15) is 46.7 Å². The summed E-state index contributed by atoms with van der Waals surface area (Å²) >= 11 is 0. The van der Waals surface area contributed by atoms with Crippen molar-refractivity contribution in [3.8, 4) is 0 Å². The molecule has 0 radical (unpaired) electrons. The minimum absolute atomic E-state index is 0.0827. The summed E-state index contributed by atoms with van der Waals surface area (Å²) in [4.78, 5) is 27.6. The quantitative estimate of drug-likeness (QED) is 0.357. The Bertz CT molecular complexity index is 872. The Morgan fingerprint density at radius 3 is 2.41 bits per heavy atom. The lowest BCUT2D eigenvalue weighted by Crippen LogP contribution is -2.44. The summed E-state index contributed by atoms with van der Waals surface area (Å²) in [5.74, 6) is -0.614. The number of hydrogen-bond donors (Lipinski definition) is 4. The molecule has 10 heteroatoms. The number of ether oxygens (including phenoxy) is 1. The lowest BCUT2D eigenvalue weighted by molar-refractivity contribution is -0.139. The molecule has 176 valence electrons. The minimum atomic E-state index is -1.13. The van der Waals surface area contributed by atoms with Crippen molar-refractivity contribution in [1.29, 1.82) is 0 Å². The standard InChI is InChI=1S/C17H20N2O4.C5H14BNO2/c1-17(2,3)23-16(22)19-14(15(20)21)10-12-9-8-11-6-4-5-7-13(11)18-12;1-4(2)3-5(7)9-6-8/h4-9,14H,10H2,1-3H3,(H,19,22)(H,20,21);4-6,8H,3,7H2,1-2H3/t14-;5-/m01/s1. The smallest absolute Gasteiger partial charge is 0.436 e. The molecular weight excluding hydrogens is 413 g/mol. The topological polar surface area (TPSA) is 144 Å². The predicted molar refractivity (Wildman–Crippen MR) is 124 cm³/mol. The van der Waals surface area contributed by atoms with E-state index in [2.05, 4.69) is 28.8 Å². The highest BCUT2D eigenvalue weighted by atomic mass is 16.6. The van der Waals surface area contributed by atoms with Crippen molar-refractivity contribution in [3.63, 3.8) is 0 Å². The van der Waals surface area contributed by atoms with Crippen LogP contribution in [-0.4, -0.2) is 52.7 Å². The van der Waals surface area contributed by atoms with Crippen LogP contribution in [0.4, 0.5) is 4.79 Å². The van der Waals surface area contributed by atoms with Crippen molar-refractivity contribution in [2.45, 2.75) is 65.3 Å². The van der Waals surface area contributed by atoms with E-state index in [1.54, 1.807) is 26.8 Å². The van der Waals surface area contributed by atoms with E-state index in [9.17, 15) is 14.7 Å². The maximum atomic E-state index is 11.8. The number of nitrogens with zero attached hydrogens (tertiary/aromatic N) is 1. The first-order valence-electron chi connectivity index (χ1n) is 10.5. The number of carboxylic acid groups (broad SMARTS) is 1. The predicted octanol–water partition coefficient (Wildman–Crippen LogP) is 2.35. The zero-order valence-electron chi connectivity index (χ0n) is 19.4. The second-order valence-electron chi connectivity index (χ2n) is 8.70. The zero-order chi connectivity index (χ0) is 24.3. The first-order valence-corrected chi connectivity index (χ1v) is 10.5. The molecule has 1 aromatic heterocycles. The highest BCUT2D eigenvalue weighted by Gasteiger charge is 2.24. The number of benzene rings is 1. The third-order valence-corrected chi connectivity index (χ3v) is 4.05. The van der Waals surface area contributed by atoms with Gasteiger partial charge in [0.05, 0.1) is 11.7 Å². The van der Waals surface area contributed by atoms with Crippen molar-refractivity contribution in [2.24, 2.45) is 11.7 Å². The Morgan fingerprint density at radius 1 is 1.19 bits per heavy atom. The van der Waals surface area contributed by atoms with Crippen LogP contribution in [0.25, 0.3) is 10.9 Å². The van der Waals surface area contributed by atoms with Gasteiger partial charge in [0.1, 0.15) is 11.6 Å². The van der Waals surface area contributed by atoms with Crippen LogP contribution in [-0.2, 0) is 20.6 Å². The van der Waals surface area contributed by atoms with Crippen LogP contribution in [0.3, 0.4) is 0 Å². The molecule has 0 aliphatic carbocycles. The number of fused-ring (bicyclic) bond motifs is 1. The van der Waals surface area contributed by atoms with E-state index >= 15 is 0 Å². The fourth-order valence-corrected chi connectivity index (χ4v) is 2.71. The molecule has 9 nitrogen and oxygen atoms in total. The molecule has 1 aromatic carbocycles. The molecule has 2 aromatic rings. The van der Waals surface area contributed by atoms with Gasteiger partial charge in [0.25, 0.3) is 0 Å². The lowest BCUT2D eigenvalue weighted by Gasteiger charge is -2.22. The number of carboxylic acids is 1. The number of aromatic nitrogens is 1. The van der Waals surface area contributed by atoms with Gasteiger partial charge >= 0.3 is 19.7 Å². The Labute approximate surface area is 189 Å².